The smallest absolute Gasteiger partial charge is 0.381 e. The molecular weight excluding hydrogens is 684 g/mol. The number of piperidine rings is 1. The van der Waals surface area contributed by atoms with Crippen LogP contribution in [0, 0.1) is 5.92 Å². The van der Waals surface area contributed by atoms with Crippen LogP contribution in [0.4, 0.5) is 24.5 Å². The fraction of sp³-hybridized carbons (Fsp3) is 0.486. The molecule has 264 valence electrons. The lowest BCUT2D eigenvalue weighted by molar-refractivity contribution is -0.0328. The Hall–Kier alpha value is -2.51. The van der Waals surface area contributed by atoms with E-state index in [1.807, 2.05) is 42.5 Å². The first-order valence-electron chi connectivity index (χ1n) is 17.2. The highest BCUT2D eigenvalue weighted by atomic mass is 32.2. The second-order valence-electron chi connectivity index (χ2n) is 13.5. The number of carbonyl (C=O) groups excluding carboxylic acids is 1. The van der Waals surface area contributed by atoms with E-state index in [1.165, 1.54) is 25.3 Å². The minimum atomic E-state index is -4.45. The number of nitrogens with one attached hydrogen (secondary N) is 2. The Labute approximate surface area is 301 Å². The molecule has 0 spiro atoms. The zero-order chi connectivity index (χ0) is 34.4. The maximum atomic E-state index is 13.8. The summed E-state index contributed by atoms with van der Waals surface area (Å²) >= 11 is 2.62. The lowest BCUT2D eigenvalue weighted by Crippen LogP contribution is -2.49. The number of thioether (sulfide) groups is 2. The summed E-state index contributed by atoms with van der Waals surface area (Å²) < 4.78 is 44.3. The summed E-state index contributed by atoms with van der Waals surface area (Å²) in [5.74, 6) is 1.22. The van der Waals surface area contributed by atoms with Gasteiger partial charge in [-0.2, -0.15) is 13.2 Å². The van der Waals surface area contributed by atoms with E-state index in [4.69, 9.17) is 0 Å². The third-order valence-corrected chi connectivity index (χ3v) is 12.5. The maximum absolute atomic E-state index is 13.8. The van der Waals surface area contributed by atoms with Crippen molar-refractivity contribution in [2.45, 2.75) is 77.9 Å². The zero-order valence-corrected chi connectivity index (χ0v) is 30.6. The van der Waals surface area contributed by atoms with Gasteiger partial charge in [-0.05, 0) is 124 Å². The van der Waals surface area contributed by atoms with Gasteiger partial charge in [-0.15, -0.1) is 11.8 Å². The van der Waals surface area contributed by atoms with Crippen molar-refractivity contribution in [1.29, 1.82) is 0 Å². The summed E-state index contributed by atoms with van der Waals surface area (Å²) in [6.45, 7) is 10.4. The first-order chi connectivity index (χ1) is 23.6. The number of amides is 1. The third kappa shape index (κ3) is 10.3. The number of hydrogen-bond acceptors (Lipinski definition) is 8. The summed E-state index contributed by atoms with van der Waals surface area (Å²) in [5, 5.41) is 3.48. The van der Waals surface area contributed by atoms with E-state index in [1.54, 1.807) is 23.9 Å². The standard InChI is InChI=1S/C37H46F3N5OS3/c1-26(2)44-20-18-43(19-21-44)17-16-29(25-47-32-6-4-3-5-7-32)41-34-15-14-33(23-35(34)48-37(38,39)40)49-42-36(46)28-9-12-30(13-10-28)45-24-27-8-11-31(45)22-27/h3-7,9-10,12-15,23,26-27,29,31,41H,8,11,16-22,24-25H2,1-2H3,(H,42,46). The van der Waals surface area contributed by atoms with Crippen LogP contribution in [0.5, 0.6) is 0 Å². The predicted molar refractivity (Wildman–Crippen MR) is 199 cm³/mol. The Balaban J connectivity index is 1.10. The van der Waals surface area contributed by atoms with E-state index in [9.17, 15) is 18.0 Å². The molecule has 1 aliphatic carbocycles. The molecule has 3 aromatic rings. The first kappa shape index (κ1) is 36.3. The lowest BCUT2D eigenvalue weighted by atomic mass is 10.1. The molecule has 2 aliphatic heterocycles. The normalized spacial score (nSPS) is 20.6. The summed E-state index contributed by atoms with van der Waals surface area (Å²) in [5.41, 5.74) is -2.34. The van der Waals surface area contributed by atoms with E-state index in [0.29, 0.717) is 28.2 Å². The molecule has 1 amide bonds. The quantitative estimate of drug-likeness (QED) is 0.126. The van der Waals surface area contributed by atoms with Gasteiger partial charge in [0.1, 0.15) is 0 Å². The molecule has 0 radical (unpaired) electrons. The second-order valence-corrected chi connectivity index (χ2v) is 16.6. The lowest BCUT2D eigenvalue weighted by Gasteiger charge is -2.37. The van der Waals surface area contributed by atoms with Crippen molar-refractivity contribution in [3.8, 4) is 0 Å². The highest BCUT2D eigenvalue weighted by Crippen LogP contribution is 2.43. The topological polar surface area (TPSA) is 50.9 Å². The average Bonchev–Trinajstić information content (AvgIpc) is 3.74. The fourth-order valence-electron chi connectivity index (χ4n) is 7.08. The molecule has 3 aliphatic rings. The number of nitrogens with zero attached hydrogens (tertiary/aromatic N) is 3. The number of rotatable bonds is 14. The molecule has 2 saturated heterocycles. The van der Waals surface area contributed by atoms with Gasteiger partial charge >= 0.3 is 5.51 Å². The SMILES string of the molecule is CC(C)N1CCN(CCC(CSc2ccccc2)Nc2ccc(SNC(=O)c3ccc(N4CC5CCC4C5)cc3)cc2SC(F)(F)F)CC1. The van der Waals surface area contributed by atoms with Gasteiger partial charge in [0.25, 0.3) is 5.91 Å². The highest BCUT2D eigenvalue weighted by Gasteiger charge is 2.37. The molecule has 2 N–H and O–H groups in total. The molecule has 3 unspecified atom stereocenters. The van der Waals surface area contributed by atoms with Crippen LogP contribution in [0.15, 0.2) is 87.5 Å². The van der Waals surface area contributed by atoms with E-state index in [0.717, 1.165) is 79.9 Å². The number of halogens is 3. The van der Waals surface area contributed by atoms with Gasteiger partial charge in [0.2, 0.25) is 0 Å². The Morgan fingerprint density at radius 3 is 2.35 bits per heavy atom. The number of fused-ring (bicyclic) bond motifs is 2. The van der Waals surface area contributed by atoms with Crippen molar-refractivity contribution in [3.05, 3.63) is 78.4 Å². The summed E-state index contributed by atoms with van der Waals surface area (Å²) in [7, 11) is 0. The van der Waals surface area contributed by atoms with Gasteiger partial charge in [-0.25, -0.2) is 0 Å². The number of benzene rings is 3. The zero-order valence-electron chi connectivity index (χ0n) is 28.1. The van der Waals surface area contributed by atoms with Crippen molar-refractivity contribution >= 4 is 52.8 Å². The molecule has 2 heterocycles. The van der Waals surface area contributed by atoms with Crippen LogP contribution >= 0.6 is 35.5 Å². The van der Waals surface area contributed by atoms with Crippen LogP contribution in [0.3, 0.4) is 0 Å². The molecular formula is C37H46F3N5OS3. The van der Waals surface area contributed by atoms with E-state index >= 15 is 0 Å². The molecule has 6 nitrogen and oxygen atoms in total. The average molecular weight is 730 g/mol. The van der Waals surface area contributed by atoms with Gasteiger partial charge in [0.15, 0.2) is 0 Å². The number of anilines is 2. The highest BCUT2D eigenvalue weighted by molar-refractivity contribution is 8.00. The molecule has 3 fully saturated rings. The monoisotopic (exact) mass is 729 g/mol. The van der Waals surface area contributed by atoms with Crippen LogP contribution in [0.1, 0.15) is 49.9 Å². The van der Waals surface area contributed by atoms with Crippen LogP contribution in [-0.4, -0.2) is 84.4 Å². The summed E-state index contributed by atoms with van der Waals surface area (Å²) in [6.07, 6.45) is 4.60. The Kier molecular flexibility index (Phi) is 12.3. The van der Waals surface area contributed by atoms with Crippen molar-refractivity contribution in [3.63, 3.8) is 0 Å². The predicted octanol–water partition coefficient (Wildman–Crippen LogP) is 8.71. The minimum absolute atomic E-state index is 0.0437. The van der Waals surface area contributed by atoms with Crippen molar-refractivity contribution < 1.29 is 18.0 Å². The molecule has 49 heavy (non-hydrogen) atoms. The number of alkyl halides is 3. The van der Waals surface area contributed by atoms with Gasteiger partial charge in [-0.1, -0.05) is 18.2 Å². The molecule has 2 bridgehead atoms. The Morgan fingerprint density at radius 1 is 0.939 bits per heavy atom. The molecule has 3 aromatic carbocycles. The molecule has 6 rings (SSSR count). The van der Waals surface area contributed by atoms with Crippen molar-refractivity contribution in [2.75, 3.05) is 55.2 Å². The van der Waals surface area contributed by atoms with Crippen molar-refractivity contribution in [2.24, 2.45) is 5.92 Å². The number of hydrogen-bond donors (Lipinski definition) is 2. The molecule has 1 saturated carbocycles. The van der Waals surface area contributed by atoms with Gasteiger partial charge < -0.3 is 15.1 Å². The molecule has 12 heteroatoms. The van der Waals surface area contributed by atoms with Crippen molar-refractivity contribution in [1.82, 2.24) is 14.5 Å². The second kappa shape index (κ2) is 16.7. The van der Waals surface area contributed by atoms with Gasteiger partial charge in [-0.3, -0.25) is 14.4 Å². The largest absolute Gasteiger partial charge is 0.446 e. The minimum Gasteiger partial charge on any atom is -0.381 e. The first-order valence-corrected chi connectivity index (χ1v) is 19.9. The van der Waals surface area contributed by atoms with Crippen LogP contribution in [0.2, 0.25) is 0 Å². The van der Waals surface area contributed by atoms with E-state index in [2.05, 4.69) is 50.7 Å². The number of carbonyl (C=O) groups is 1. The third-order valence-electron chi connectivity index (χ3n) is 9.80. The van der Waals surface area contributed by atoms with E-state index < -0.39 is 5.51 Å². The fourth-order valence-corrected chi connectivity index (χ4v) is 9.46. The summed E-state index contributed by atoms with van der Waals surface area (Å²) in [6, 6.07) is 23.8. The summed E-state index contributed by atoms with van der Waals surface area (Å²) in [4.78, 5) is 22.1. The Bertz CT molecular complexity index is 1520. The van der Waals surface area contributed by atoms with Crippen LogP contribution < -0.4 is 14.9 Å². The molecule has 0 aromatic heterocycles. The van der Waals surface area contributed by atoms with Gasteiger partial charge in [0, 0.05) is 94.8 Å². The molecule has 3 atom stereocenters. The van der Waals surface area contributed by atoms with Gasteiger partial charge in [0.05, 0.1) is 0 Å². The van der Waals surface area contributed by atoms with E-state index in [-0.39, 0.29) is 28.6 Å². The number of piperazine rings is 1. The maximum Gasteiger partial charge on any atom is 0.446 e. The van der Waals surface area contributed by atoms with Crippen LogP contribution in [0.25, 0.3) is 0 Å². The Morgan fingerprint density at radius 2 is 1.69 bits per heavy atom. The van der Waals surface area contributed by atoms with Crippen LogP contribution in [-0.2, 0) is 0 Å².